The molecule has 0 N–H and O–H groups in total. The summed E-state index contributed by atoms with van der Waals surface area (Å²) in [6.07, 6.45) is -1.56. The zero-order chi connectivity index (χ0) is 26.3. The predicted molar refractivity (Wildman–Crippen MR) is 133 cm³/mol. The SMILES string of the molecule is CCn1cc2c(n1)CN(C1CCN(c3c(C)cccc3F)CC1)C(=O)N2Cc1ccccc1C(F)(F)F. The zero-order valence-corrected chi connectivity index (χ0v) is 20.8. The zero-order valence-electron chi connectivity index (χ0n) is 20.8. The number of benzene rings is 2. The van der Waals surface area contributed by atoms with E-state index in [1.165, 1.54) is 23.1 Å². The largest absolute Gasteiger partial charge is 0.416 e. The molecule has 0 atom stereocenters. The first kappa shape index (κ1) is 25.1. The van der Waals surface area contributed by atoms with Crippen molar-refractivity contribution in [2.75, 3.05) is 22.9 Å². The molecule has 0 bridgehead atoms. The van der Waals surface area contributed by atoms with Crippen molar-refractivity contribution in [3.05, 3.63) is 76.9 Å². The summed E-state index contributed by atoms with van der Waals surface area (Å²) in [4.78, 5) is 18.9. The van der Waals surface area contributed by atoms with Crippen molar-refractivity contribution in [2.45, 2.75) is 58.5 Å². The van der Waals surface area contributed by atoms with Crippen molar-refractivity contribution in [3.63, 3.8) is 0 Å². The Morgan fingerprint density at radius 2 is 1.78 bits per heavy atom. The van der Waals surface area contributed by atoms with Crippen molar-refractivity contribution < 1.29 is 22.4 Å². The molecule has 1 fully saturated rings. The van der Waals surface area contributed by atoms with Crippen LogP contribution in [0.1, 0.15) is 42.1 Å². The number of carbonyl (C=O) groups excluding carboxylic acids is 1. The van der Waals surface area contributed by atoms with E-state index in [1.807, 2.05) is 24.8 Å². The second kappa shape index (κ2) is 9.72. The molecule has 0 saturated carbocycles. The van der Waals surface area contributed by atoms with Crippen molar-refractivity contribution in [1.82, 2.24) is 14.7 Å². The van der Waals surface area contributed by atoms with E-state index in [-0.39, 0.29) is 30.0 Å². The van der Waals surface area contributed by atoms with Crippen LogP contribution in [0.4, 0.5) is 33.7 Å². The Morgan fingerprint density at radius 1 is 1.05 bits per heavy atom. The van der Waals surface area contributed by atoms with Crippen LogP contribution in [0.25, 0.3) is 0 Å². The minimum atomic E-state index is -4.52. The third-order valence-electron chi connectivity index (χ3n) is 7.29. The maximum atomic E-state index is 14.5. The molecule has 1 saturated heterocycles. The fourth-order valence-electron chi connectivity index (χ4n) is 5.41. The third kappa shape index (κ3) is 4.76. The molecule has 196 valence electrons. The van der Waals surface area contributed by atoms with Gasteiger partial charge in [0, 0.05) is 31.9 Å². The van der Waals surface area contributed by atoms with Gasteiger partial charge in [-0.3, -0.25) is 9.58 Å². The van der Waals surface area contributed by atoms with Gasteiger partial charge in [0.1, 0.15) is 11.5 Å². The van der Waals surface area contributed by atoms with Gasteiger partial charge < -0.3 is 9.80 Å². The number of para-hydroxylation sites is 1. The number of nitrogens with zero attached hydrogens (tertiary/aromatic N) is 5. The molecule has 10 heteroatoms. The average molecular weight is 516 g/mol. The van der Waals surface area contributed by atoms with Gasteiger partial charge >= 0.3 is 12.2 Å². The van der Waals surface area contributed by atoms with Gasteiger partial charge in [0.15, 0.2) is 0 Å². The van der Waals surface area contributed by atoms with Crippen LogP contribution in [0, 0.1) is 12.7 Å². The van der Waals surface area contributed by atoms with Crippen LogP contribution in [-0.4, -0.2) is 39.8 Å². The number of piperidine rings is 1. The van der Waals surface area contributed by atoms with Gasteiger partial charge in [-0.15, -0.1) is 0 Å². The van der Waals surface area contributed by atoms with Crippen LogP contribution in [0.3, 0.4) is 0 Å². The number of urea groups is 1. The quantitative estimate of drug-likeness (QED) is 0.393. The normalized spacial score (nSPS) is 16.9. The standard InChI is InChI=1S/C27H29F4N5O/c1-3-34-17-24-23(32-34)16-35(20-11-13-33(14-12-20)25-18(2)7-6-10-22(25)28)26(37)36(24)15-19-8-4-5-9-21(19)27(29,30)31/h4-10,17,20H,3,11-16H2,1-2H3. The maximum absolute atomic E-state index is 14.5. The Hall–Kier alpha value is -3.56. The number of amides is 2. The first-order valence-corrected chi connectivity index (χ1v) is 12.5. The van der Waals surface area contributed by atoms with Gasteiger partial charge in [-0.25, -0.2) is 9.18 Å². The third-order valence-corrected chi connectivity index (χ3v) is 7.29. The number of hydrogen-bond acceptors (Lipinski definition) is 3. The molecule has 3 aromatic rings. The summed E-state index contributed by atoms with van der Waals surface area (Å²) in [5.74, 6) is -0.267. The first-order chi connectivity index (χ1) is 17.7. The van der Waals surface area contributed by atoms with Crippen LogP contribution in [0.5, 0.6) is 0 Å². The van der Waals surface area contributed by atoms with Crippen LogP contribution in [-0.2, 0) is 25.8 Å². The van der Waals surface area contributed by atoms with Crippen molar-refractivity contribution in [1.29, 1.82) is 0 Å². The van der Waals surface area contributed by atoms with Crippen LogP contribution in [0.15, 0.2) is 48.7 Å². The first-order valence-electron chi connectivity index (χ1n) is 12.5. The van der Waals surface area contributed by atoms with E-state index in [0.29, 0.717) is 56.1 Å². The number of aryl methyl sites for hydroxylation is 2. The number of hydrogen-bond donors (Lipinski definition) is 0. The lowest BCUT2D eigenvalue weighted by Crippen LogP contribution is -2.54. The van der Waals surface area contributed by atoms with E-state index >= 15 is 0 Å². The molecular formula is C27H29F4N5O. The Morgan fingerprint density at radius 3 is 2.46 bits per heavy atom. The van der Waals surface area contributed by atoms with Gasteiger partial charge in [0.25, 0.3) is 0 Å². The highest BCUT2D eigenvalue weighted by molar-refractivity contribution is 5.94. The summed E-state index contributed by atoms with van der Waals surface area (Å²) in [5, 5.41) is 4.60. The molecule has 0 unspecified atom stereocenters. The fourth-order valence-corrected chi connectivity index (χ4v) is 5.41. The van der Waals surface area contributed by atoms with Gasteiger partial charge in [0.2, 0.25) is 0 Å². The molecule has 37 heavy (non-hydrogen) atoms. The maximum Gasteiger partial charge on any atom is 0.416 e. The van der Waals surface area contributed by atoms with E-state index in [9.17, 15) is 22.4 Å². The van der Waals surface area contributed by atoms with E-state index in [0.717, 1.165) is 11.6 Å². The highest BCUT2D eigenvalue weighted by atomic mass is 19.4. The topological polar surface area (TPSA) is 44.6 Å². The van der Waals surface area contributed by atoms with Gasteiger partial charge in [-0.1, -0.05) is 30.3 Å². The van der Waals surface area contributed by atoms with E-state index in [4.69, 9.17) is 0 Å². The summed E-state index contributed by atoms with van der Waals surface area (Å²) >= 11 is 0. The van der Waals surface area contributed by atoms with E-state index < -0.39 is 11.7 Å². The fraction of sp³-hybridized carbons (Fsp3) is 0.407. The Bertz CT molecular complexity index is 1280. The highest BCUT2D eigenvalue weighted by Crippen LogP contribution is 2.37. The van der Waals surface area contributed by atoms with Crippen LogP contribution >= 0.6 is 0 Å². The Labute approximate surface area is 213 Å². The minimum absolute atomic E-state index is 0.0326. The number of rotatable bonds is 5. The van der Waals surface area contributed by atoms with Gasteiger partial charge in [-0.2, -0.15) is 18.3 Å². The molecule has 2 aliphatic heterocycles. The van der Waals surface area contributed by atoms with Crippen molar-refractivity contribution in [2.24, 2.45) is 0 Å². The van der Waals surface area contributed by atoms with Gasteiger partial charge in [0.05, 0.1) is 30.0 Å². The molecule has 6 nitrogen and oxygen atoms in total. The number of aromatic nitrogens is 2. The lowest BCUT2D eigenvalue weighted by Gasteiger charge is -2.43. The van der Waals surface area contributed by atoms with Crippen LogP contribution < -0.4 is 9.80 Å². The van der Waals surface area contributed by atoms with Crippen LogP contribution in [0.2, 0.25) is 0 Å². The van der Waals surface area contributed by atoms with Gasteiger partial charge in [-0.05, 0) is 49.9 Å². The molecule has 0 aliphatic carbocycles. The number of alkyl halides is 3. The molecular weight excluding hydrogens is 486 g/mol. The summed E-state index contributed by atoms with van der Waals surface area (Å²) in [5.41, 5.74) is 1.93. The second-order valence-corrected chi connectivity index (χ2v) is 9.59. The molecule has 3 heterocycles. The van der Waals surface area contributed by atoms with Crippen molar-refractivity contribution in [3.8, 4) is 0 Å². The smallest absolute Gasteiger partial charge is 0.369 e. The monoisotopic (exact) mass is 515 g/mol. The number of anilines is 2. The second-order valence-electron chi connectivity index (χ2n) is 9.59. The summed E-state index contributed by atoms with van der Waals surface area (Å²) in [6, 6.07) is 9.90. The molecule has 2 amide bonds. The van der Waals surface area contributed by atoms with Crippen molar-refractivity contribution >= 4 is 17.4 Å². The Balaban J connectivity index is 1.41. The number of carbonyl (C=O) groups is 1. The molecule has 5 rings (SSSR count). The summed E-state index contributed by atoms with van der Waals surface area (Å²) < 4.78 is 57.3. The molecule has 0 radical (unpaired) electrons. The molecule has 0 spiro atoms. The number of halogens is 4. The molecule has 1 aromatic heterocycles. The highest BCUT2D eigenvalue weighted by Gasteiger charge is 2.40. The average Bonchev–Trinajstić information content (AvgIpc) is 3.29. The summed E-state index contributed by atoms with van der Waals surface area (Å²) in [7, 11) is 0. The number of fused-ring (bicyclic) bond motifs is 1. The molecule has 2 aliphatic rings. The van der Waals surface area contributed by atoms with E-state index in [1.54, 1.807) is 27.9 Å². The predicted octanol–water partition coefficient (Wildman–Crippen LogP) is 5.98. The minimum Gasteiger partial charge on any atom is -0.369 e. The molecule has 2 aromatic carbocycles. The lowest BCUT2D eigenvalue weighted by molar-refractivity contribution is -0.138. The van der Waals surface area contributed by atoms with E-state index in [2.05, 4.69) is 5.10 Å². The lowest BCUT2D eigenvalue weighted by atomic mass is 10.00. The summed E-state index contributed by atoms with van der Waals surface area (Å²) in [6.45, 7) is 5.60. The Kier molecular flexibility index (Phi) is 6.59.